The Morgan fingerprint density at radius 1 is 1.25 bits per heavy atom. The van der Waals surface area contributed by atoms with E-state index in [0.717, 1.165) is 11.3 Å². The number of carbonyl (C=O) groups excluding carboxylic acids is 1. The van der Waals surface area contributed by atoms with E-state index in [-0.39, 0.29) is 11.8 Å². The van der Waals surface area contributed by atoms with Gasteiger partial charge in [-0.25, -0.2) is 0 Å². The zero-order valence-corrected chi connectivity index (χ0v) is 13.0. The lowest BCUT2D eigenvalue weighted by atomic mass is 10.0. The van der Waals surface area contributed by atoms with Gasteiger partial charge in [0.15, 0.2) is 0 Å². The van der Waals surface area contributed by atoms with Crippen LogP contribution in [0.1, 0.15) is 12.8 Å². The number of aliphatic carboxylic acids is 1. The smallest absolute Gasteiger partial charge is 0.320 e. The number of benzene rings is 1. The van der Waals surface area contributed by atoms with Crippen molar-refractivity contribution in [1.82, 2.24) is 15.5 Å². The average molecular weight is 326 g/mol. The Morgan fingerprint density at radius 2 is 2.04 bits per heavy atom. The summed E-state index contributed by atoms with van der Waals surface area (Å²) in [5.74, 6) is -0.928. The van der Waals surface area contributed by atoms with Gasteiger partial charge >= 0.3 is 5.97 Å². The number of rotatable bonds is 5. The van der Waals surface area contributed by atoms with E-state index in [1.54, 1.807) is 6.20 Å². The van der Waals surface area contributed by atoms with Gasteiger partial charge in [-0.3, -0.25) is 9.59 Å². The Morgan fingerprint density at radius 3 is 2.67 bits per heavy atom. The van der Waals surface area contributed by atoms with Gasteiger partial charge in [-0.15, -0.1) is 0 Å². The second-order valence-corrected chi connectivity index (χ2v) is 5.84. The van der Waals surface area contributed by atoms with Gasteiger partial charge in [0, 0.05) is 23.9 Å². The first kappa shape index (κ1) is 16.1. The van der Waals surface area contributed by atoms with Crippen LogP contribution in [-0.4, -0.2) is 39.8 Å². The van der Waals surface area contributed by atoms with Crippen LogP contribution in [0.25, 0.3) is 11.3 Å². The molecular formula is C17H18N4O3. The number of amides is 1. The third-order valence-electron chi connectivity index (χ3n) is 4.03. The number of nitrogens with one attached hydrogen (secondary N) is 2. The minimum absolute atomic E-state index is 0.0463. The van der Waals surface area contributed by atoms with Crippen LogP contribution in [0, 0.1) is 5.92 Å². The summed E-state index contributed by atoms with van der Waals surface area (Å²) >= 11 is 0. The molecule has 1 aliphatic rings. The maximum absolute atomic E-state index is 12.1. The van der Waals surface area contributed by atoms with Gasteiger partial charge in [0.2, 0.25) is 5.91 Å². The first-order valence-corrected chi connectivity index (χ1v) is 7.76. The minimum Gasteiger partial charge on any atom is -0.480 e. The van der Waals surface area contributed by atoms with E-state index in [0.29, 0.717) is 25.1 Å². The van der Waals surface area contributed by atoms with Crippen LogP contribution < -0.4 is 10.6 Å². The fourth-order valence-corrected chi connectivity index (χ4v) is 2.81. The van der Waals surface area contributed by atoms with Crippen molar-refractivity contribution in [2.75, 3.05) is 11.9 Å². The Hall–Kier alpha value is -2.80. The van der Waals surface area contributed by atoms with Crippen molar-refractivity contribution >= 4 is 17.6 Å². The van der Waals surface area contributed by atoms with Gasteiger partial charge in [0.25, 0.3) is 0 Å². The highest BCUT2D eigenvalue weighted by Gasteiger charge is 2.30. The second kappa shape index (κ2) is 7.18. The van der Waals surface area contributed by atoms with Crippen LogP contribution in [0.15, 0.2) is 42.6 Å². The highest BCUT2D eigenvalue weighted by atomic mass is 16.4. The number of carbonyl (C=O) groups is 2. The first-order chi connectivity index (χ1) is 11.6. The van der Waals surface area contributed by atoms with Crippen LogP contribution in [0.5, 0.6) is 0 Å². The minimum atomic E-state index is -0.863. The molecule has 1 aliphatic heterocycles. The fraction of sp³-hybridized carbons (Fsp3) is 0.294. The molecule has 1 aromatic carbocycles. The first-order valence-electron chi connectivity index (χ1n) is 7.76. The van der Waals surface area contributed by atoms with Crippen molar-refractivity contribution in [2.45, 2.75) is 18.9 Å². The van der Waals surface area contributed by atoms with Crippen molar-refractivity contribution in [2.24, 2.45) is 5.92 Å². The second-order valence-electron chi connectivity index (χ2n) is 5.84. The highest BCUT2D eigenvalue weighted by molar-refractivity contribution is 5.91. The van der Waals surface area contributed by atoms with Gasteiger partial charge in [-0.1, -0.05) is 12.1 Å². The monoisotopic (exact) mass is 326 g/mol. The maximum Gasteiger partial charge on any atom is 0.320 e. The SMILES string of the molecule is O=C(CC1CNC(C(=O)O)C1)Nc1ccc(-c2cccnn2)cc1. The molecule has 0 aliphatic carbocycles. The van der Waals surface area contributed by atoms with Crippen molar-refractivity contribution in [3.8, 4) is 11.3 Å². The Bertz CT molecular complexity index is 718. The maximum atomic E-state index is 12.1. The normalized spacial score (nSPS) is 19.8. The zero-order chi connectivity index (χ0) is 16.9. The molecule has 3 rings (SSSR count). The quantitative estimate of drug-likeness (QED) is 0.770. The molecule has 2 atom stereocenters. The van der Waals surface area contributed by atoms with Crippen LogP contribution in [0.4, 0.5) is 5.69 Å². The predicted octanol–water partition coefficient (Wildman–Crippen LogP) is 1.53. The lowest BCUT2D eigenvalue weighted by molar-refractivity contribution is -0.139. The predicted molar refractivity (Wildman–Crippen MR) is 88.2 cm³/mol. The summed E-state index contributed by atoms with van der Waals surface area (Å²) in [5, 5.41) is 22.6. The number of nitrogens with zero attached hydrogens (tertiary/aromatic N) is 2. The molecule has 2 aromatic rings. The molecule has 2 unspecified atom stereocenters. The largest absolute Gasteiger partial charge is 0.480 e. The van der Waals surface area contributed by atoms with Crippen LogP contribution in [-0.2, 0) is 9.59 Å². The van der Waals surface area contributed by atoms with E-state index in [4.69, 9.17) is 5.11 Å². The van der Waals surface area contributed by atoms with Crippen molar-refractivity contribution in [3.05, 3.63) is 42.6 Å². The van der Waals surface area contributed by atoms with Gasteiger partial charge < -0.3 is 15.7 Å². The summed E-state index contributed by atoms with van der Waals surface area (Å²) in [6.45, 7) is 0.552. The summed E-state index contributed by atoms with van der Waals surface area (Å²) in [6.07, 6.45) is 2.40. The van der Waals surface area contributed by atoms with Crippen molar-refractivity contribution < 1.29 is 14.7 Å². The Balaban J connectivity index is 1.54. The molecule has 7 nitrogen and oxygen atoms in total. The summed E-state index contributed by atoms with van der Waals surface area (Å²) in [6, 6.07) is 10.5. The summed E-state index contributed by atoms with van der Waals surface area (Å²) in [5.41, 5.74) is 2.39. The lowest BCUT2D eigenvalue weighted by Crippen LogP contribution is -2.29. The molecule has 1 aromatic heterocycles. The van der Waals surface area contributed by atoms with Crippen LogP contribution >= 0.6 is 0 Å². The Kier molecular flexibility index (Phi) is 4.81. The van der Waals surface area contributed by atoms with Crippen molar-refractivity contribution in [1.29, 1.82) is 0 Å². The van der Waals surface area contributed by atoms with E-state index >= 15 is 0 Å². The topological polar surface area (TPSA) is 104 Å². The van der Waals surface area contributed by atoms with E-state index < -0.39 is 12.0 Å². The number of hydrogen-bond acceptors (Lipinski definition) is 5. The lowest BCUT2D eigenvalue weighted by Gasteiger charge is -2.10. The molecule has 0 bridgehead atoms. The van der Waals surface area contributed by atoms with E-state index in [9.17, 15) is 9.59 Å². The number of carboxylic acid groups (broad SMARTS) is 1. The van der Waals surface area contributed by atoms with Crippen LogP contribution in [0.3, 0.4) is 0 Å². The molecule has 1 saturated heterocycles. The third kappa shape index (κ3) is 3.94. The van der Waals surface area contributed by atoms with E-state index in [1.165, 1.54) is 0 Å². The fourth-order valence-electron chi connectivity index (χ4n) is 2.81. The number of anilines is 1. The van der Waals surface area contributed by atoms with Gasteiger partial charge in [0.1, 0.15) is 6.04 Å². The molecular weight excluding hydrogens is 308 g/mol. The molecule has 0 spiro atoms. The molecule has 3 N–H and O–H groups in total. The molecule has 1 amide bonds. The van der Waals surface area contributed by atoms with Gasteiger partial charge in [-0.05, 0) is 43.1 Å². The summed E-state index contributed by atoms with van der Waals surface area (Å²) < 4.78 is 0. The molecule has 2 heterocycles. The van der Waals surface area contributed by atoms with E-state index in [2.05, 4.69) is 20.8 Å². The third-order valence-corrected chi connectivity index (χ3v) is 4.03. The van der Waals surface area contributed by atoms with E-state index in [1.807, 2.05) is 36.4 Å². The number of hydrogen-bond donors (Lipinski definition) is 3. The standard InChI is InChI=1S/C17H18N4O3/c22-16(9-11-8-15(17(23)24)18-10-11)20-13-5-3-12(4-6-13)14-2-1-7-19-21-14/h1-7,11,15,18H,8-10H2,(H,20,22)(H,23,24). The molecule has 124 valence electrons. The van der Waals surface area contributed by atoms with Crippen molar-refractivity contribution in [3.63, 3.8) is 0 Å². The Labute approximate surface area is 139 Å². The number of aromatic nitrogens is 2. The highest BCUT2D eigenvalue weighted by Crippen LogP contribution is 2.21. The molecule has 24 heavy (non-hydrogen) atoms. The molecule has 7 heteroatoms. The van der Waals surface area contributed by atoms with Crippen LogP contribution in [0.2, 0.25) is 0 Å². The molecule has 0 radical (unpaired) electrons. The molecule has 1 fully saturated rings. The average Bonchev–Trinajstić information content (AvgIpc) is 3.05. The summed E-state index contributed by atoms with van der Waals surface area (Å²) in [4.78, 5) is 23.0. The van der Waals surface area contributed by atoms with Gasteiger partial charge in [0.05, 0.1) is 5.69 Å². The van der Waals surface area contributed by atoms with Gasteiger partial charge in [-0.2, -0.15) is 10.2 Å². The summed E-state index contributed by atoms with van der Waals surface area (Å²) in [7, 11) is 0. The molecule has 0 saturated carbocycles. The zero-order valence-electron chi connectivity index (χ0n) is 13.0. The number of carboxylic acids is 1.